The molecular weight excluding hydrogens is 274 g/mol. The Kier molecular flexibility index (Phi) is 3.73. The van der Waals surface area contributed by atoms with Gasteiger partial charge in [0.25, 0.3) is 0 Å². The highest BCUT2D eigenvalue weighted by Crippen LogP contribution is 2.29. The Morgan fingerprint density at radius 2 is 2.30 bits per heavy atom. The third-order valence-electron chi connectivity index (χ3n) is 2.56. The average molecular weight is 287 g/mol. The van der Waals surface area contributed by atoms with Gasteiger partial charge in [-0.1, -0.05) is 6.92 Å². The van der Waals surface area contributed by atoms with Gasteiger partial charge < -0.3 is 5.32 Å². The van der Waals surface area contributed by atoms with Gasteiger partial charge in [-0.25, -0.2) is 15.0 Å². The molecule has 0 unspecified atom stereocenters. The third kappa shape index (κ3) is 2.69. The van der Waals surface area contributed by atoms with Gasteiger partial charge in [-0.05, 0) is 24.2 Å². The van der Waals surface area contributed by atoms with Crippen molar-refractivity contribution >= 4 is 28.7 Å². The van der Waals surface area contributed by atoms with Crippen molar-refractivity contribution in [2.45, 2.75) is 23.4 Å². The number of fused-ring (bicyclic) bond motifs is 1. The van der Waals surface area contributed by atoms with E-state index < -0.39 is 0 Å². The van der Waals surface area contributed by atoms with Crippen molar-refractivity contribution in [1.29, 1.82) is 0 Å². The predicted molar refractivity (Wildman–Crippen MR) is 76.6 cm³/mol. The van der Waals surface area contributed by atoms with E-state index in [1.54, 1.807) is 12.4 Å². The van der Waals surface area contributed by atoms with Crippen LogP contribution >= 0.6 is 11.8 Å². The molecule has 8 heteroatoms. The number of hydrogen-bond donors (Lipinski definition) is 2. The van der Waals surface area contributed by atoms with Crippen molar-refractivity contribution in [3.8, 4) is 0 Å². The fourth-order valence-corrected chi connectivity index (χ4v) is 2.46. The summed E-state index contributed by atoms with van der Waals surface area (Å²) in [5.74, 6) is 0.597. The Balaban J connectivity index is 1.97. The van der Waals surface area contributed by atoms with Crippen LogP contribution in [-0.4, -0.2) is 36.7 Å². The van der Waals surface area contributed by atoms with Crippen molar-refractivity contribution in [3.05, 3.63) is 24.8 Å². The van der Waals surface area contributed by atoms with Crippen LogP contribution in [-0.2, 0) is 0 Å². The van der Waals surface area contributed by atoms with Crippen LogP contribution in [0, 0.1) is 0 Å². The Labute approximate surface area is 119 Å². The predicted octanol–water partition coefficient (Wildman–Crippen LogP) is 2.12. The van der Waals surface area contributed by atoms with Gasteiger partial charge in [0.2, 0.25) is 5.95 Å². The van der Waals surface area contributed by atoms with E-state index in [1.807, 2.05) is 6.07 Å². The molecule has 0 spiro atoms. The Bertz CT molecular complexity index is 697. The number of hydrogen-bond acceptors (Lipinski definition) is 7. The van der Waals surface area contributed by atoms with Gasteiger partial charge in [-0.3, -0.25) is 5.10 Å². The van der Waals surface area contributed by atoms with Gasteiger partial charge in [-0.2, -0.15) is 10.1 Å². The van der Waals surface area contributed by atoms with Crippen molar-refractivity contribution in [1.82, 2.24) is 30.1 Å². The van der Waals surface area contributed by atoms with E-state index in [-0.39, 0.29) is 0 Å². The molecule has 0 saturated heterocycles. The molecule has 0 amide bonds. The average Bonchev–Trinajstić information content (AvgIpc) is 2.95. The molecule has 3 aromatic rings. The number of H-pyrrole nitrogens is 1. The van der Waals surface area contributed by atoms with Crippen LogP contribution in [0.25, 0.3) is 11.0 Å². The summed E-state index contributed by atoms with van der Waals surface area (Å²) in [6, 6.07) is 1.85. The second-order valence-electron chi connectivity index (χ2n) is 4.06. The molecule has 20 heavy (non-hydrogen) atoms. The molecule has 0 aliphatic carbocycles. The molecule has 3 rings (SSSR count). The first-order valence-corrected chi connectivity index (χ1v) is 7.07. The number of rotatable bonds is 5. The molecule has 0 aliphatic rings. The molecule has 0 bridgehead atoms. The third-order valence-corrected chi connectivity index (χ3v) is 3.52. The molecule has 2 N–H and O–H groups in total. The van der Waals surface area contributed by atoms with E-state index in [2.05, 4.69) is 42.4 Å². The summed E-state index contributed by atoms with van der Waals surface area (Å²) >= 11 is 1.47. The highest BCUT2D eigenvalue weighted by Gasteiger charge is 2.11. The number of aromatic nitrogens is 6. The lowest BCUT2D eigenvalue weighted by Gasteiger charge is -2.06. The maximum Gasteiger partial charge on any atom is 0.225 e. The fraction of sp³-hybridized carbons (Fsp3) is 0.250. The van der Waals surface area contributed by atoms with Gasteiger partial charge in [0, 0.05) is 12.7 Å². The van der Waals surface area contributed by atoms with E-state index in [9.17, 15) is 0 Å². The van der Waals surface area contributed by atoms with E-state index >= 15 is 0 Å². The maximum absolute atomic E-state index is 4.53. The van der Waals surface area contributed by atoms with Gasteiger partial charge in [0.1, 0.15) is 16.4 Å². The zero-order chi connectivity index (χ0) is 13.8. The minimum absolute atomic E-state index is 0.597. The lowest BCUT2D eigenvalue weighted by atomic mass is 10.4. The smallest absolute Gasteiger partial charge is 0.225 e. The number of anilines is 1. The van der Waals surface area contributed by atoms with Gasteiger partial charge in [0.05, 0.1) is 11.6 Å². The van der Waals surface area contributed by atoms with E-state index in [0.29, 0.717) is 5.95 Å². The first kappa shape index (κ1) is 12.8. The molecular formula is C12H13N7S. The number of nitrogens with zero attached hydrogens (tertiary/aromatic N) is 5. The molecule has 0 aliphatic heterocycles. The highest BCUT2D eigenvalue weighted by molar-refractivity contribution is 7.99. The lowest BCUT2D eigenvalue weighted by Crippen LogP contribution is -2.05. The zero-order valence-electron chi connectivity index (χ0n) is 10.9. The topological polar surface area (TPSA) is 92.3 Å². The molecule has 0 radical (unpaired) electrons. The summed E-state index contributed by atoms with van der Waals surface area (Å²) in [4.78, 5) is 17.0. The van der Waals surface area contributed by atoms with Gasteiger partial charge in [-0.15, -0.1) is 0 Å². The number of aromatic amines is 1. The highest BCUT2D eigenvalue weighted by atomic mass is 32.2. The minimum atomic E-state index is 0.597. The molecule has 3 aromatic heterocycles. The van der Waals surface area contributed by atoms with E-state index in [0.717, 1.165) is 34.1 Å². The van der Waals surface area contributed by atoms with Crippen molar-refractivity contribution in [2.75, 3.05) is 11.9 Å². The summed E-state index contributed by atoms with van der Waals surface area (Å²) in [5.41, 5.74) is 0.718. The van der Waals surface area contributed by atoms with Gasteiger partial charge >= 0.3 is 0 Å². The summed E-state index contributed by atoms with van der Waals surface area (Å²) in [6.45, 7) is 2.93. The maximum atomic E-state index is 4.53. The first-order valence-electron chi connectivity index (χ1n) is 6.25. The van der Waals surface area contributed by atoms with Gasteiger partial charge in [0.15, 0.2) is 5.65 Å². The SMILES string of the molecule is CCCNc1nc(Sc2ccncn2)c2cn[nH]c2n1. The molecule has 0 saturated carbocycles. The number of nitrogens with one attached hydrogen (secondary N) is 2. The lowest BCUT2D eigenvalue weighted by molar-refractivity contribution is 0.942. The van der Waals surface area contributed by atoms with Crippen molar-refractivity contribution in [3.63, 3.8) is 0 Å². The molecule has 0 aromatic carbocycles. The molecule has 7 nitrogen and oxygen atoms in total. The Hall–Kier alpha value is -2.22. The van der Waals surface area contributed by atoms with Crippen LogP contribution in [0.5, 0.6) is 0 Å². The van der Waals surface area contributed by atoms with Crippen LogP contribution in [0.2, 0.25) is 0 Å². The summed E-state index contributed by atoms with van der Waals surface area (Å²) in [5, 5.41) is 12.6. The largest absolute Gasteiger partial charge is 0.354 e. The van der Waals surface area contributed by atoms with E-state index in [4.69, 9.17) is 0 Å². The van der Waals surface area contributed by atoms with Crippen LogP contribution in [0.1, 0.15) is 13.3 Å². The first-order chi connectivity index (χ1) is 9.86. The normalized spacial score (nSPS) is 10.8. The second-order valence-corrected chi connectivity index (χ2v) is 5.07. The monoisotopic (exact) mass is 287 g/mol. The standard InChI is InChI=1S/C12H13N7S/c1-2-4-14-12-17-10-8(6-16-19-10)11(18-12)20-9-3-5-13-7-15-9/h3,5-7H,2,4H2,1H3,(H2,14,16,17,18,19). The van der Waals surface area contributed by atoms with Crippen LogP contribution in [0.15, 0.2) is 34.8 Å². The molecule has 0 atom stereocenters. The van der Waals surface area contributed by atoms with Crippen LogP contribution in [0.4, 0.5) is 5.95 Å². The minimum Gasteiger partial charge on any atom is -0.354 e. The quantitative estimate of drug-likeness (QED) is 0.694. The molecule has 102 valence electrons. The van der Waals surface area contributed by atoms with Crippen molar-refractivity contribution < 1.29 is 0 Å². The second kappa shape index (κ2) is 5.83. The fourth-order valence-electron chi connectivity index (χ4n) is 1.64. The molecule has 3 heterocycles. The van der Waals surface area contributed by atoms with E-state index in [1.165, 1.54) is 18.1 Å². The summed E-state index contributed by atoms with van der Waals surface area (Å²) in [6.07, 6.45) is 5.97. The molecule has 0 fully saturated rings. The van der Waals surface area contributed by atoms with Crippen LogP contribution < -0.4 is 5.32 Å². The van der Waals surface area contributed by atoms with Crippen LogP contribution in [0.3, 0.4) is 0 Å². The Morgan fingerprint density at radius 1 is 1.35 bits per heavy atom. The zero-order valence-corrected chi connectivity index (χ0v) is 11.7. The summed E-state index contributed by atoms with van der Waals surface area (Å²) in [7, 11) is 0. The van der Waals surface area contributed by atoms with Crippen molar-refractivity contribution in [2.24, 2.45) is 0 Å². The summed E-state index contributed by atoms with van der Waals surface area (Å²) < 4.78 is 0. The Morgan fingerprint density at radius 3 is 3.10 bits per heavy atom.